The van der Waals surface area contributed by atoms with Crippen molar-refractivity contribution in [1.29, 1.82) is 0 Å². The standard InChI is InChI=1S/C44H40N2O6S/c1-2-24-49-43(48)45-27-31-10-9-15-37(25-31)32-20-22-36(23-21-32)42-50-38(26-39(51-42)33-18-16-30(28-47)17-19-33)29-53-44-46-40(34-11-5-3-6-12-34)41(52-44)35-13-7-4-8-14-35/h2-23,25,38-39,42,47H,1,24,26-29H2,(H,45,48)/t38-,39+,42+/m1/s1. The average molecular weight is 725 g/mol. The van der Waals surface area contributed by atoms with Crippen LogP contribution in [0.1, 0.15) is 41.1 Å². The number of carbonyl (C=O) groups excluding carboxylic acids is 1. The van der Waals surface area contributed by atoms with Crippen LogP contribution in [0, 0.1) is 0 Å². The van der Waals surface area contributed by atoms with Gasteiger partial charge in [-0.25, -0.2) is 9.78 Å². The number of rotatable bonds is 13. The van der Waals surface area contributed by atoms with Crippen LogP contribution in [0.3, 0.4) is 0 Å². The fourth-order valence-electron chi connectivity index (χ4n) is 6.18. The van der Waals surface area contributed by atoms with Gasteiger partial charge < -0.3 is 29.1 Å². The van der Waals surface area contributed by atoms with Crippen molar-refractivity contribution in [2.24, 2.45) is 0 Å². The summed E-state index contributed by atoms with van der Waals surface area (Å²) in [6, 6.07) is 44.2. The molecule has 1 fully saturated rings. The largest absolute Gasteiger partial charge is 0.445 e. The molecule has 6 aromatic rings. The Balaban J connectivity index is 1.09. The Morgan fingerprint density at radius 2 is 1.51 bits per heavy atom. The lowest BCUT2D eigenvalue weighted by atomic mass is 9.99. The van der Waals surface area contributed by atoms with Crippen molar-refractivity contribution in [3.05, 3.63) is 168 Å². The number of benzene rings is 5. The number of aliphatic hydroxyl groups excluding tert-OH is 1. The van der Waals surface area contributed by atoms with Gasteiger partial charge in [0.25, 0.3) is 5.22 Å². The number of hydrogen-bond acceptors (Lipinski definition) is 8. The van der Waals surface area contributed by atoms with Gasteiger partial charge in [-0.3, -0.25) is 0 Å². The molecule has 2 heterocycles. The van der Waals surface area contributed by atoms with Crippen molar-refractivity contribution in [3.8, 4) is 33.7 Å². The topological polar surface area (TPSA) is 103 Å². The molecule has 1 saturated heterocycles. The zero-order valence-electron chi connectivity index (χ0n) is 29.1. The molecule has 1 aliphatic heterocycles. The molecule has 1 aliphatic rings. The second-order valence-corrected chi connectivity index (χ2v) is 13.6. The summed E-state index contributed by atoms with van der Waals surface area (Å²) in [7, 11) is 0. The lowest BCUT2D eigenvalue weighted by Crippen LogP contribution is -2.31. The Hall–Kier alpha value is -5.45. The SMILES string of the molecule is C=CCOC(=O)NCc1cccc(-c2ccc([C@H]3O[C@@H](CSc4nc(-c5ccccc5)c(-c5ccccc5)o4)C[C@@H](c4ccc(CO)cc4)O3)cc2)c1. The van der Waals surface area contributed by atoms with Gasteiger partial charge in [-0.1, -0.05) is 152 Å². The maximum Gasteiger partial charge on any atom is 0.407 e. The van der Waals surface area contributed by atoms with E-state index in [1.807, 2.05) is 121 Å². The van der Waals surface area contributed by atoms with E-state index in [4.69, 9.17) is 23.6 Å². The summed E-state index contributed by atoms with van der Waals surface area (Å²) < 4.78 is 24.7. The van der Waals surface area contributed by atoms with Gasteiger partial charge in [0, 0.05) is 35.4 Å². The van der Waals surface area contributed by atoms with Gasteiger partial charge in [-0.2, -0.15) is 0 Å². The predicted molar refractivity (Wildman–Crippen MR) is 207 cm³/mol. The van der Waals surface area contributed by atoms with E-state index in [1.54, 1.807) is 0 Å². The first kappa shape index (κ1) is 35.9. The van der Waals surface area contributed by atoms with E-state index in [2.05, 4.69) is 24.0 Å². The molecule has 3 atom stereocenters. The van der Waals surface area contributed by atoms with Crippen molar-refractivity contribution < 1.29 is 28.5 Å². The molecule has 0 radical (unpaired) electrons. The summed E-state index contributed by atoms with van der Waals surface area (Å²) in [4.78, 5) is 16.8. The van der Waals surface area contributed by atoms with Crippen LogP contribution in [0.2, 0.25) is 0 Å². The van der Waals surface area contributed by atoms with Crippen LogP contribution in [-0.2, 0) is 27.4 Å². The van der Waals surface area contributed by atoms with Crippen molar-refractivity contribution in [3.63, 3.8) is 0 Å². The zero-order chi connectivity index (χ0) is 36.4. The summed E-state index contributed by atoms with van der Waals surface area (Å²) in [6.45, 7) is 4.06. The highest BCUT2D eigenvalue weighted by molar-refractivity contribution is 7.99. The molecule has 1 aromatic heterocycles. The molecule has 5 aromatic carbocycles. The van der Waals surface area contributed by atoms with E-state index in [0.717, 1.165) is 56.0 Å². The van der Waals surface area contributed by atoms with Gasteiger partial charge in [-0.15, -0.1) is 0 Å². The first-order chi connectivity index (χ1) is 26.1. The van der Waals surface area contributed by atoms with Crippen LogP contribution in [0.4, 0.5) is 4.79 Å². The van der Waals surface area contributed by atoms with Crippen molar-refractivity contribution in [2.75, 3.05) is 12.4 Å². The van der Waals surface area contributed by atoms with E-state index in [0.29, 0.717) is 23.9 Å². The molecule has 0 saturated carbocycles. The maximum absolute atomic E-state index is 11.9. The number of carbonyl (C=O) groups is 1. The average Bonchev–Trinajstić information content (AvgIpc) is 3.66. The summed E-state index contributed by atoms with van der Waals surface area (Å²) >= 11 is 1.53. The van der Waals surface area contributed by atoms with Gasteiger partial charge >= 0.3 is 6.09 Å². The molecular formula is C44H40N2O6S. The summed E-state index contributed by atoms with van der Waals surface area (Å²) in [6.07, 6.45) is 0.685. The highest BCUT2D eigenvalue weighted by atomic mass is 32.2. The Morgan fingerprint density at radius 1 is 0.811 bits per heavy atom. The van der Waals surface area contributed by atoms with Gasteiger partial charge in [0.2, 0.25) is 0 Å². The molecule has 8 nitrogen and oxygen atoms in total. The number of nitrogens with one attached hydrogen (secondary N) is 1. The quantitative estimate of drug-likeness (QED) is 0.0897. The molecule has 7 rings (SSSR count). The first-order valence-corrected chi connectivity index (χ1v) is 18.5. The third-order valence-electron chi connectivity index (χ3n) is 8.91. The molecule has 268 valence electrons. The fraction of sp³-hybridized carbons (Fsp3) is 0.182. The lowest BCUT2D eigenvalue weighted by Gasteiger charge is -2.36. The smallest absolute Gasteiger partial charge is 0.407 e. The van der Waals surface area contributed by atoms with Crippen LogP contribution in [0.25, 0.3) is 33.7 Å². The van der Waals surface area contributed by atoms with E-state index in [-0.39, 0.29) is 25.4 Å². The van der Waals surface area contributed by atoms with E-state index < -0.39 is 12.4 Å². The predicted octanol–water partition coefficient (Wildman–Crippen LogP) is 9.92. The van der Waals surface area contributed by atoms with Crippen LogP contribution in [0.5, 0.6) is 0 Å². The monoisotopic (exact) mass is 724 g/mol. The second kappa shape index (κ2) is 17.4. The lowest BCUT2D eigenvalue weighted by molar-refractivity contribution is -0.245. The van der Waals surface area contributed by atoms with E-state index >= 15 is 0 Å². The number of oxazole rings is 1. The zero-order valence-corrected chi connectivity index (χ0v) is 29.9. The molecule has 9 heteroatoms. The number of alkyl carbamates (subject to hydrolysis) is 1. The van der Waals surface area contributed by atoms with Crippen molar-refractivity contribution in [1.82, 2.24) is 10.3 Å². The summed E-state index contributed by atoms with van der Waals surface area (Å²) in [5.74, 6) is 1.34. The maximum atomic E-state index is 11.9. The number of amides is 1. The fourth-order valence-corrected chi connectivity index (χ4v) is 7.02. The molecular weight excluding hydrogens is 685 g/mol. The normalized spacial score (nSPS) is 16.9. The number of hydrogen-bond donors (Lipinski definition) is 2. The minimum atomic E-state index is -0.604. The molecule has 1 amide bonds. The van der Waals surface area contributed by atoms with Crippen LogP contribution < -0.4 is 5.32 Å². The summed E-state index contributed by atoms with van der Waals surface area (Å²) in [5, 5.41) is 13.0. The highest BCUT2D eigenvalue weighted by Crippen LogP contribution is 2.41. The molecule has 0 spiro atoms. The third-order valence-corrected chi connectivity index (χ3v) is 9.87. The number of thioether (sulfide) groups is 1. The van der Waals surface area contributed by atoms with E-state index in [1.165, 1.54) is 17.8 Å². The van der Waals surface area contributed by atoms with Gasteiger partial charge in [0.05, 0.1) is 18.8 Å². The van der Waals surface area contributed by atoms with Crippen molar-refractivity contribution in [2.45, 2.75) is 43.3 Å². The van der Waals surface area contributed by atoms with Gasteiger partial charge in [0.15, 0.2) is 12.1 Å². The Kier molecular flexibility index (Phi) is 11.8. The van der Waals surface area contributed by atoms with Gasteiger partial charge in [-0.05, 0) is 33.9 Å². The number of aromatic nitrogens is 1. The second-order valence-electron chi connectivity index (χ2n) is 12.6. The van der Waals surface area contributed by atoms with E-state index in [9.17, 15) is 9.90 Å². The molecule has 0 unspecified atom stereocenters. The first-order valence-electron chi connectivity index (χ1n) is 17.5. The molecule has 53 heavy (non-hydrogen) atoms. The minimum Gasteiger partial charge on any atom is -0.445 e. The van der Waals surface area contributed by atoms with Crippen LogP contribution in [0.15, 0.2) is 156 Å². The minimum absolute atomic E-state index is 0.0169. The summed E-state index contributed by atoms with van der Waals surface area (Å²) in [5.41, 5.74) is 8.53. The highest BCUT2D eigenvalue weighted by Gasteiger charge is 2.33. The number of aliphatic hydroxyl groups is 1. The molecule has 0 aliphatic carbocycles. The molecule has 0 bridgehead atoms. The number of ether oxygens (including phenoxy) is 3. The van der Waals surface area contributed by atoms with Crippen LogP contribution >= 0.6 is 11.8 Å². The number of nitrogens with zero attached hydrogens (tertiary/aromatic N) is 1. The Morgan fingerprint density at radius 3 is 2.23 bits per heavy atom. The van der Waals surface area contributed by atoms with Crippen molar-refractivity contribution >= 4 is 17.9 Å². The van der Waals surface area contributed by atoms with Crippen LogP contribution in [-0.4, -0.2) is 34.6 Å². The third kappa shape index (κ3) is 9.14. The molecule has 2 N–H and O–H groups in total. The Labute approximate surface area is 313 Å². The van der Waals surface area contributed by atoms with Gasteiger partial charge in [0.1, 0.15) is 12.3 Å². The Bertz CT molecular complexity index is 2050.